The number of aromatic nitrogens is 3. The Bertz CT molecular complexity index is 554. The molecule has 6 heteroatoms. The number of rotatable bonds is 4. The molecule has 1 atom stereocenters. The summed E-state index contributed by atoms with van der Waals surface area (Å²) < 4.78 is 1.85. The molecule has 2 aromatic rings. The SMILES string of the molecule is Cc1nnc(SC(C)C(=O)O)n1-c1ccccc1. The van der Waals surface area contributed by atoms with Gasteiger partial charge in [-0.25, -0.2) is 0 Å². The lowest BCUT2D eigenvalue weighted by atomic mass is 10.3. The Labute approximate surface area is 109 Å². The van der Waals surface area contributed by atoms with Crippen molar-refractivity contribution in [2.75, 3.05) is 0 Å². The number of hydrogen-bond donors (Lipinski definition) is 1. The van der Waals surface area contributed by atoms with Gasteiger partial charge in [0, 0.05) is 5.69 Å². The largest absolute Gasteiger partial charge is 0.480 e. The Balaban J connectivity index is 2.36. The minimum Gasteiger partial charge on any atom is -0.480 e. The zero-order valence-electron chi connectivity index (χ0n) is 10.1. The zero-order chi connectivity index (χ0) is 13.1. The first-order valence-electron chi connectivity index (χ1n) is 5.46. The van der Waals surface area contributed by atoms with Crippen molar-refractivity contribution in [2.45, 2.75) is 24.3 Å². The van der Waals surface area contributed by atoms with E-state index in [1.807, 2.05) is 41.8 Å². The molecule has 0 fully saturated rings. The van der Waals surface area contributed by atoms with Crippen molar-refractivity contribution in [3.8, 4) is 5.69 Å². The summed E-state index contributed by atoms with van der Waals surface area (Å²) in [7, 11) is 0. The van der Waals surface area contributed by atoms with Crippen molar-refractivity contribution in [1.82, 2.24) is 14.8 Å². The Hall–Kier alpha value is -1.82. The first-order valence-corrected chi connectivity index (χ1v) is 6.34. The van der Waals surface area contributed by atoms with Crippen LogP contribution in [0.1, 0.15) is 12.7 Å². The summed E-state index contributed by atoms with van der Waals surface area (Å²) in [4.78, 5) is 10.9. The van der Waals surface area contributed by atoms with E-state index in [9.17, 15) is 4.79 Å². The molecular weight excluding hydrogens is 250 g/mol. The summed E-state index contributed by atoms with van der Waals surface area (Å²) in [5.74, 6) is -0.124. The Morgan fingerprint density at radius 3 is 2.61 bits per heavy atom. The number of nitrogens with zero attached hydrogens (tertiary/aromatic N) is 3. The number of thioether (sulfide) groups is 1. The van der Waals surface area contributed by atoms with Crippen LogP contribution in [0.5, 0.6) is 0 Å². The predicted molar refractivity (Wildman–Crippen MR) is 69.1 cm³/mol. The minimum atomic E-state index is -0.861. The van der Waals surface area contributed by atoms with Crippen molar-refractivity contribution in [3.63, 3.8) is 0 Å². The number of aryl methyl sites for hydroxylation is 1. The molecule has 1 heterocycles. The Morgan fingerprint density at radius 2 is 2.00 bits per heavy atom. The first kappa shape index (κ1) is 12.6. The highest BCUT2D eigenvalue weighted by atomic mass is 32.2. The van der Waals surface area contributed by atoms with Crippen molar-refractivity contribution >= 4 is 17.7 Å². The number of aliphatic carboxylic acids is 1. The average Bonchev–Trinajstić information content (AvgIpc) is 2.71. The van der Waals surface area contributed by atoms with Crippen LogP contribution < -0.4 is 0 Å². The number of carbonyl (C=O) groups is 1. The van der Waals surface area contributed by atoms with Gasteiger partial charge >= 0.3 is 5.97 Å². The topological polar surface area (TPSA) is 68.0 Å². The smallest absolute Gasteiger partial charge is 0.316 e. The van der Waals surface area contributed by atoms with E-state index in [2.05, 4.69) is 10.2 Å². The van der Waals surface area contributed by atoms with Crippen LogP contribution in [0.4, 0.5) is 0 Å². The molecule has 0 aliphatic heterocycles. The minimum absolute atomic E-state index is 0.559. The first-order chi connectivity index (χ1) is 8.59. The molecule has 2 rings (SSSR count). The third-order valence-corrected chi connectivity index (χ3v) is 3.47. The van der Waals surface area contributed by atoms with Crippen molar-refractivity contribution in [3.05, 3.63) is 36.2 Å². The average molecular weight is 263 g/mol. The highest BCUT2D eigenvalue weighted by Gasteiger charge is 2.18. The van der Waals surface area contributed by atoms with Crippen molar-refractivity contribution in [1.29, 1.82) is 0 Å². The molecule has 94 valence electrons. The molecule has 0 aliphatic rings. The van der Waals surface area contributed by atoms with Crippen LogP contribution in [-0.4, -0.2) is 31.1 Å². The summed E-state index contributed by atoms with van der Waals surface area (Å²) >= 11 is 1.18. The van der Waals surface area contributed by atoms with Crippen LogP contribution in [0, 0.1) is 6.92 Å². The van der Waals surface area contributed by atoms with Gasteiger partial charge in [-0.05, 0) is 26.0 Å². The van der Waals surface area contributed by atoms with Crippen molar-refractivity contribution < 1.29 is 9.90 Å². The van der Waals surface area contributed by atoms with Gasteiger partial charge in [-0.15, -0.1) is 10.2 Å². The molecule has 0 aliphatic carbocycles. The fourth-order valence-electron chi connectivity index (χ4n) is 1.50. The molecule has 1 unspecified atom stereocenters. The Kier molecular flexibility index (Phi) is 3.66. The second-order valence-corrected chi connectivity index (χ2v) is 5.11. The second kappa shape index (κ2) is 5.22. The molecule has 1 aromatic carbocycles. The maximum Gasteiger partial charge on any atom is 0.316 e. The molecule has 0 radical (unpaired) electrons. The van der Waals surface area contributed by atoms with E-state index in [4.69, 9.17) is 5.11 Å². The molecule has 0 saturated carbocycles. The lowest BCUT2D eigenvalue weighted by Gasteiger charge is -2.09. The van der Waals surface area contributed by atoms with Crippen LogP contribution in [0.25, 0.3) is 5.69 Å². The van der Waals surface area contributed by atoms with Crippen LogP contribution in [0.2, 0.25) is 0 Å². The molecule has 5 nitrogen and oxygen atoms in total. The standard InChI is InChI=1S/C12H13N3O2S/c1-8(11(16)17)18-12-14-13-9(2)15(12)10-6-4-3-5-7-10/h3-8H,1-2H3,(H,16,17). The molecule has 0 amide bonds. The molecule has 1 aromatic heterocycles. The third kappa shape index (κ3) is 2.53. The molecule has 1 N–H and O–H groups in total. The van der Waals surface area contributed by atoms with E-state index in [-0.39, 0.29) is 0 Å². The normalized spacial score (nSPS) is 12.3. The predicted octanol–water partition coefficient (Wildman–Crippen LogP) is 2.14. The molecule has 0 spiro atoms. The summed E-state index contributed by atoms with van der Waals surface area (Å²) in [5, 5.41) is 17.0. The molecule has 18 heavy (non-hydrogen) atoms. The van der Waals surface area contributed by atoms with Crippen LogP contribution in [0.15, 0.2) is 35.5 Å². The van der Waals surface area contributed by atoms with E-state index in [1.54, 1.807) is 6.92 Å². The summed E-state index contributed by atoms with van der Waals surface area (Å²) in [5.41, 5.74) is 0.931. The van der Waals surface area contributed by atoms with Gasteiger partial charge in [0.15, 0.2) is 5.16 Å². The molecule has 0 saturated heterocycles. The van der Waals surface area contributed by atoms with Gasteiger partial charge in [0.1, 0.15) is 11.1 Å². The lowest BCUT2D eigenvalue weighted by molar-refractivity contribution is -0.136. The second-order valence-electron chi connectivity index (χ2n) is 3.80. The van der Waals surface area contributed by atoms with Gasteiger partial charge in [0.2, 0.25) is 0 Å². The zero-order valence-corrected chi connectivity index (χ0v) is 10.9. The highest BCUT2D eigenvalue weighted by molar-refractivity contribution is 8.00. The molecule has 0 bridgehead atoms. The van der Waals surface area contributed by atoms with Gasteiger partial charge < -0.3 is 5.11 Å². The fraction of sp³-hybridized carbons (Fsp3) is 0.250. The van der Waals surface area contributed by atoms with Crippen LogP contribution in [0.3, 0.4) is 0 Å². The van der Waals surface area contributed by atoms with E-state index in [0.717, 1.165) is 11.5 Å². The Morgan fingerprint density at radius 1 is 1.33 bits per heavy atom. The number of hydrogen-bond acceptors (Lipinski definition) is 4. The van der Waals surface area contributed by atoms with Crippen LogP contribution in [-0.2, 0) is 4.79 Å². The number of para-hydroxylation sites is 1. The summed E-state index contributed by atoms with van der Waals surface area (Å²) in [6, 6.07) is 9.64. The number of carboxylic acid groups (broad SMARTS) is 1. The van der Waals surface area contributed by atoms with E-state index >= 15 is 0 Å². The number of carboxylic acids is 1. The third-order valence-electron chi connectivity index (χ3n) is 2.44. The summed E-state index contributed by atoms with van der Waals surface area (Å²) in [6.07, 6.45) is 0. The highest BCUT2D eigenvalue weighted by Crippen LogP contribution is 2.25. The quantitative estimate of drug-likeness (QED) is 0.856. The van der Waals surface area contributed by atoms with E-state index < -0.39 is 11.2 Å². The van der Waals surface area contributed by atoms with E-state index in [1.165, 1.54) is 11.8 Å². The molecular formula is C12H13N3O2S. The van der Waals surface area contributed by atoms with Gasteiger partial charge in [-0.2, -0.15) is 0 Å². The van der Waals surface area contributed by atoms with Gasteiger partial charge in [0.25, 0.3) is 0 Å². The number of benzene rings is 1. The monoisotopic (exact) mass is 263 g/mol. The van der Waals surface area contributed by atoms with Gasteiger partial charge in [-0.3, -0.25) is 9.36 Å². The maximum absolute atomic E-state index is 10.9. The fourth-order valence-corrected chi connectivity index (χ4v) is 2.35. The van der Waals surface area contributed by atoms with E-state index in [0.29, 0.717) is 5.16 Å². The maximum atomic E-state index is 10.9. The van der Waals surface area contributed by atoms with Crippen LogP contribution >= 0.6 is 11.8 Å². The lowest BCUT2D eigenvalue weighted by Crippen LogP contribution is -2.12. The summed E-state index contributed by atoms with van der Waals surface area (Å²) in [6.45, 7) is 3.47. The van der Waals surface area contributed by atoms with Gasteiger partial charge in [0.05, 0.1) is 0 Å². The van der Waals surface area contributed by atoms with Gasteiger partial charge in [-0.1, -0.05) is 30.0 Å². The van der Waals surface area contributed by atoms with Crippen molar-refractivity contribution in [2.24, 2.45) is 0 Å².